The van der Waals surface area contributed by atoms with Gasteiger partial charge in [-0.05, 0) is 49.9 Å². The third-order valence-corrected chi connectivity index (χ3v) is 4.69. The first-order valence-electron chi connectivity index (χ1n) is 7.50. The van der Waals surface area contributed by atoms with Gasteiger partial charge in [0.2, 0.25) is 0 Å². The van der Waals surface area contributed by atoms with E-state index in [1.807, 2.05) is 0 Å². The summed E-state index contributed by atoms with van der Waals surface area (Å²) in [5, 5.41) is 14.4. The summed E-state index contributed by atoms with van der Waals surface area (Å²) < 4.78 is 13.4. The molecular formula is C15H18FN3O3. The SMILES string of the molecule is O=C(c1cc(F)ccc1[N+](=O)[O-])N1CC[C@@H]2CNC[C@@H]2CC1. The Kier molecular flexibility index (Phi) is 4.06. The molecule has 1 amide bonds. The van der Waals surface area contributed by atoms with Crippen molar-refractivity contribution in [2.24, 2.45) is 11.8 Å². The minimum absolute atomic E-state index is 0.157. The number of nitrogens with zero attached hydrogens (tertiary/aromatic N) is 2. The fraction of sp³-hybridized carbons (Fsp3) is 0.533. The molecule has 0 aliphatic carbocycles. The van der Waals surface area contributed by atoms with Crippen LogP contribution in [0, 0.1) is 27.8 Å². The van der Waals surface area contributed by atoms with Crippen molar-refractivity contribution >= 4 is 11.6 Å². The highest BCUT2D eigenvalue weighted by molar-refractivity contribution is 5.98. The van der Waals surface area contributed by atoms with E-state index in [0.29, 0.717) is 24.9 Å². The molecule has 1 aromatic carbocycles. The highest BCUT2D eigenvalue weighted by Gasteiger charge is 2.33. The van der Waals surface area contributed by atoms with Crippen LogP contribution in [0.2, 0.25) is 0 Å². The summed E-state index contributed by atoms with van der Waals surface area (Å²) in [6.45, 7) is 3.06. The molecule has 3 rings (SSSR count). The molecule has 1 aromatic rings. The van der Waals surface area contributed by atoms with Crippen LogP contribution in [0.15, 0.2) is 18.2 Å². The van der Waals surface area contributed by atoms with Crippen molar-refractivity contribution in [3.63, 3.8) is 0 Å². The number of nitro benzene ring substituents is 1. The topological polar surface area (TPSA) is 75.5 Å². The molecular weight excluding hydrogens is 289 g/mol. The van der Waals surface area contributed by atoms with Gasteiger partial charge in [0.15, 0.2) is 0 Å². The van der Waals surface area contributed by atoms with Crippen LogP contribution in [0.3, 0.4) is 0 Å². The number of hydrogen-bond acceptors (Lipinski definition) is 4. The summed E-state index contributed by atoms with van der Waals surface area (Å²) >= 11 is 0. The minimum Gasteiger partial charge on any atom is -0.338 e. The van der Waals surface area contributed by atoms with Gasteiger partial charge in [-0.25, -0.2) is 4.39 Å². The second-order valence-corrected chi connectivity index (χ2v) is 5.97. The lowest BCUT2D eigenvalue weighted by Crippen LogP contribution is -2.33. The Hall–Kier alpha value is -2.02. The average Bonchev–Trinajstić information content (AvgIpc) is 2.85. The summed E-state index contributed by atoms with van der Waals surface area (Å²) in [5.74, 6) is 0.0320. The largest absolute Gasteiger partial charge is 0.338 e. The molecule has 2 saturated heterocycles. The molecule has 2 fully saturated rings. The summed E-state index contributed by atoms with van der Waals surface area (Å²) in [5.41, 5.74) is -0.493. The molecule has 2 aliphatic rings. The molecule has 2 heterocycles. The molecule has 1 N–H and O–H groups in total. The van der Waals surface area contributed by atoms with Gasteiger partial charge in [0.25, 0.3) is 11.6 Å². The van der Waals surface area contributed by atoms with Gasteiger partial charge < -0.3 is 10.2 Å². The lowest BCUT2D eigenvalue weighted by molar-refractivity contribution is -0.385. The first-order valence-corrected chi connectivity index (χ1v) is 7.50. The molecule has 0 saturated carbocycles. The zero-order valence-corrected chi connectivity index (χ0v) is 12.1. The van der Waals surface area contributed by atoms with Crippen LogP contribution in [0.25, 0.3) is 0 Å². The number of carbonyl (C=O) groups is 1. The van der Waals surface area contributed by atoms with Crippen molar-refractivity contribution in [2.45, 2.75) is 12.8 Å². The molecule has 22 heavy (non-hydrogen) atoms. The maximum Gasteiger partial charge on any atom is 0.282 e. The standard InChI is InChI=1S/C15H18FN3O3/c16-12-1-2-14(19(21)22)13(7-12)15(20)18-5-3-10-8-17-9-11(10)4-6-18/h1-2,7,10-11,17H,3-6,8-9H2/t10-,11+. The predicted molar refractivity (Wildman–Crippen MR) is 78.0 cm³/mol. The van der Waals surface area contributed by atoms with E-state index in [9.17, 15) is 19.3 Å². The summed E-state index contributed by atoms with van der Waals surface area (Å²) in [7, 11) is 0. The van der Waals surface area contributed by atoms with Gasteiger partial charge in [-0.1, -0.05) is 0 Å². The number of amides is 1. The summed E-state index contributed by atoms with van der Waals surface area (Å²) in [6.07, 6.45) is 1.76. The van der Waals surface area contributed by atoms with Gasteiger partial charge in [0.1, 0.15) is 11.4 Å². The van der Waals surface area contributed by atoms with Crippen molar-refractivity contribution < 1.29 is 14.1 Å². The third-order valence-electron chi connectivity index (χ3n) is 4.69. The molecule has 0 bridgehead atoms. The molecule has 6 nitrogen and oxygen atoms in total. The van der Waals surface area contributed by atoms with Crippen LogP contribution in [0.4, 0.5) is 10.1 Å². The van der Waals surface area contributed by atoms with Crippen LogP contribution >= 0.6 is 0 Å². The van der Waals surface area contributed by atoms with E-state index >= 15 is 0 Å². The van der Waals surface area contributed by atoms with Gasteiger partial charge in [-0.3, -0.25) is 14.9 Å². The molecule has 7 heteroatoms. The third kappa shape index (κ3) is 2.81. The van der Waals surface area contributed by atoms with Crippen LogP contribution in [-0.2, 0) is 0 Å². The number of carbonyl (C=O) groups excluding carboxylic acids is 1. The Bertz CT molecular complexity index is 594. The van der Waals surface area contributed by atoms with Gasteiger partial charge in [-0.15, -0.1) is 0 Å². The predicted octanol–water partition coefficient (Wildman–Crippen LogP) is 1.81. The number of likely N-dealkylation sites (tertiary alicyclic amines) is 1. The Labute approximate surface area is 127 Å². The van der Waals surface area contributed by atoms with Gasteiger partial charge in [0, 0.05) is 19.2 Å². The highest BCUT2D eigenvalue weighted by atomic mass is 19.1. The average molecular weight is 307 g/mol. The minimum atomic E-state index is -0.636. The second kappa shape index (κ2) is 6.00. The summed E-state index contributed by atoms with van der Waals surface area (Å²) in [6, 6.07) is 3.03. The van der Waals surface area contributed by atoms with Crippen molar-refractivity contribution in [3.05, 3.63) is 39.7 Å². The fourth-order valence-electron chi connectivity index (χ4n) is 3.43. The van der Waals surface area contributed by atoms with Crippen molar-refractivity contribution in [2.75, 3.05) is 26.2 Å². The number of benzene rings is 1. The quantitative estimate of drug-likeness (QED) is 0.668. The molecule has 0 radical (unpaired) electrons. The van der Waals surface area contributed by atoms with E-state index in [1.165, 1.54) is 0 Å². The normalized spacial score (nSPS) is 24.7. The molecule has 0 spiro atoms. The van der Waals surface area contributed by atoms with E-state index in [1.54, 1.807) is 4.90 Å². The van der Waals surface area contributed by atoms with E-state index < -0.39 is 16.6 Å². The van der Waals surface area contributed by atoms with E-state index in [0.717, 1.165) is 44.1 Å². The van der Waals surface area contributed by atoms with Crippen molar-refractivity contribution in [1.29, 1.82) is 0 Å². The molecule has 0 unspecified atom stereocenters. The maximum atomic E-state index is 13.4. The van der Waals surface area contributed by atoms with E-state index in [-0.39, 0.29) is 11.3 Å². The molecule has 2 atom stereocenters. The highest BCUT2D eigenvalue weighted by Crippen LogP contribution is 2.29. The number of nitro groups is 1. The van der Waals surface area contributed by atoms with Crippen molar-refractivity contribution in [3.8, 4) is 0 Å². The first-order chi connectivity index (χ1) is 10.6. The Morgan fingerprint density at radius 3 is 2.50 bits per heavy atom. The monoisotopic (exact) mass is 307 g/mol. The Balaban J connectivity index is 1.82. The number of rotatable bonds is 2. The van der Waals surface area contributed by atoms with E-state index in [2.05, 4.69) is 5.32 Å². The number of fused-ring (bicyclic) bond motifs is 1. The van der Waals surface area contributed by atoms with Gasteiger partial charge >= 0.3 is 0 Å². The van der Waals surface area contributed by atoms with Crippen LogP contribution < -0.4 is 5.32 Å². The first kappa shape index (κ1) is 14.9. The lowest BCUT2D eigenvalue weighted by atomic mass is 9.92. The summed E-state index contributed by atoms with van der Waals surface area (Å²) in [4.78, 5) is 24.6. The Morgan fingerprint density at radius 1 is 1.27 bits per heavy atom. The zero-order valence-electron chi connectivity index (χ0n) is 12.1. The number of nitrogens with one attached hydrogen (secondary N) is 1. The number of halogens is 1. The van der Waals surface area contributed by atoms with E-state index in [4.69, 9.17) is 0 Å². The molecule has 0 aromatic heterocycles. The zero-order chi connectivity index (χ0) is 15.7. The molecule has 2 aliphatic heterocycles. The van der Waals surface area contributed by atoms with Gasteiger partial charge in [-0.2, -0.15) is 0 Å². The van der Waals surface area contributed by atoms with Gasteiger partial charge in [0.05, 0.1) is 4.92 Å². The van der Waals surface area contributed by atoms with Crippen LogP contribution in [-0.4, -0.2) is 41.9 Å². The second-order valence-electron chi connectivity index (χ2n) is 5.97. The molecule has 118 valence electrons. The van der Waals surface area contributed by atoms with Crippen LogP contribution in [0.5, 0.6) is 0 Å². The lowest BCUT2D eigenvalue weighted by Gasteiger charge is -2.21. The fourth-order valence-corrected chi connectivity index (χ4v) is 3.43. The van der Waals surface area contributed by atoms with Crippen LogP contribution in [0.1, 0.15) is 23.2 Å². The smallest absolute Gasteiger partial charge is 0.282 e. The van der Waals surface area contributed by atoms with Crippen molar-refractivity contribution in [1.82, 2.24) is 10.2 Å². The Morgan fingerprint density at radius 2 is 1.91 bits per heavy atom. The number of hydrogen-bond donors (Lipinski definition) is 1. The maximum absolute atomic E-state index is 13.4.